The van der Waals surface area contributed by atoms with Gasteiger partial charge in [-0.25, -0.2) is 0 Å². The van der Waals surface area contributed by atoms with Crippen molar-refractivity contribution in [1.29, 1.82) is 0 Å². The molecule has 19 heavy (non-hydrogen) atoms. The second kappa shape index (κ2) is 4.60. The van der Waals surface area contributed by atoms with Crippen LogP contribution in [0, 0.1) is 0 Å². The Bertz CT molecular complexity index is 497. The monoisotopic (exact) mass is 260 g/mol. The molecule has 2 heterocycles. The van der Waals surface area contributed by atoms with E-state index in [1.807, 2.05) is 6.07 Å². The Morgan fingerprint density at radius 3 is 2.79 bits per heavy atom. The molecule has 1 aliphatic carbocycles. The number of amides is 2. The molecule has 1 saturated carbocycles. The standard InChI is InChI=1S/C13H16N4O2/c18-11-9-17(8-10-4-3-7-14-16-10)12(19)13(15-11)5-1-2-6-13/h3-4,7H,1-2,5-6,8-9H2,(H,15,18). The van der Waals surface area contributed by atoms with Crippen molar-refractivity contribution in [2.75, 3.05) is 6.54 Å². The molecule has 0 aromatic carbocycles. The molecular weight excluding hydrogens is 244 g/mol. The summed E-state index contributed by atoms with van der Waals surface area (Å²) in [6.07, 6.45) is 5.06. The Hall–Kier alpha value is -1.98. The lowest BCUT2D eigenvalue weighted by molar-refractivity contribution is -0.150. The van der Waals surface area contributed by atoms with Gasteiger partial charge in [-0.3, -0.25) is 9.59 Å². The van der Waals surface area contributed by atoms with Gasteiger partial charge in [0.2, 0.25) is 11.8 Å². The number of hydrogen-bond acceptors (Lipinski definition) is 4. The minimum atomic E-state index is -0.655. The molecule has 1 spiro atoms. The number of hydrogen-bond donors (Lipinski definition) is 1. The SMILES string of the molecule is O=C1CN(Cc2cccnn2)C(=O)C2(CCCC2)N1. The van der Waals surface area contributed by atoms with E-state index in [9.17, 15) is 9.59 Å². The van der Waals surface area contributed by atoms with E-state index in [4.69, 9.17) is 0 Å². The van der Waals surface area contributed by atoms with E-state index in [2.05, 4.69) is 15.5 Å². The van der Waals surface area contributed by atoms with Crippen molar-refractivity contribution < 1.29 is 9.59 Å². The van der Waals surface area contributed by atoms with Crippen molar-refractivity contribution in [3.63, 3.8) is 0 Å². The zero-order valence-electron chi connectivity index (χ0n) is 10.6. The van der Waals surface area contributed by atoms with Crippen molar-refractivity contribution in [3.8, 4) is 0 Å². The third kappa shape index (κ3) is 2.18. The maximum absolute atomic E-state index is 12.6. The average molecular weight is 260 g/mol. The predicted octanol–water partition coefficient (Wildman–Crippen LogP) is 0.248. The lowest BCUT2D eigenvalue weighted by Gasteiger charge is -2.39. The molecule has 2 aliphatic rings. The first-order chi connectivity index (χ1) is 9.20. The molecule has 0 radical (unpaired) electrons. The highest BCUT2D eigenvalue weighted by Crippen LogP contribution is 2.33. The molecule has 0 atom stereocenters. The number of nitrogens with zero attached hydrogens (tertiary/aromatic N) is 3. The second-order valence-electron chi connectivity index (χ2n) is 5.21. The highest BCUT2D eigenvalue weighted by atomic mass is 16.2. The van der Waals surface area contributed by atoms with Crippen LogP contribution >= 0.6 is 0 Å². The fraction of sp³-hybridized carbons (Fsp3) is 0.538. The van der Waals surface area contributed by atoms with Crippen LogP contribution in [0.4, 0.5) is 0 Å². The van der Waals surface area contributed by atoms with E-state index >= 15 is 0 Å². The molecule has 1 aliphatic heterocycles. The summed E-state index contributed by atoms with van der Waals surface area (Å²) < 4.78 is 0. The van der Waals surface area contributed by atoms with Crippen molar-refractivity contribution >= 4 is 11.8 Å². The zero-order valence-corrected chi connectivity index (χ0v) is 10.6. The van der Waals surface area contributed by atoms with Gasteiger partial charge in [0.15, 0.2) is 0 Å². The largest absolute Gasteiger partial charge is 0.340 e. The molecule has 1 aromatic rings. The minimum Gasteiger partial charge on any atom is -0.340 e. The second-order valence-corrected chi connectivity index (χ2v) is 5.21. The van der Waals surface area contributed by atoms with Crippen molar-refractivity contribution in [2.24, 2.45) is 0 Å². The van der Waals surface area contributed by atoms with E-state index < -0.39 is 5.54 Å². The Morgan fingerprint density at radius 2 is 2.11 bits per heavy atom. The summed E-state index contributed by atoms with van der Waals surface area (Å²) >= 11 is 0. The summed E-state index contributed by atoms with van der Waals surface area (Å²) in [7, 11) is 0. The van der Waals surface area contributed by atoms with Crippen LogP contribution in [0.15, 0.2) is 18.3 Å². The summed E-state index contributed by atoms with van der Waals surface area (Å²) in [5, 5.41) is 10.7. The van der Waals surface area contributed by atoms with Crippen LogP contribution in [-0.2, 0) is 16.1 Å². The van der Waals surface area contributed by atoms with Crippen LogP contribution in [0.25, 0.3) is 0 Å². The highest BCUT2D eigenvalue weighted by Gasteiger charge is 2.48. The maximum atomic E-state index is 12.6. The van der Waals surface area contributed by atoms with Crippen LogP contribution in [0.2, 0.25) is 0 Å². The third-order valence-electron chi connectivity index (χ3n) is 3.85. The van der Waals surface area contributed by atoms with Gasteiger partial charge in [-0.15, -0.1) is 0 Å². The summed E-state index contributed by atoms with van der Waals surface area (Å²) in [5.74, 6) is -0.0550. The lowest BCUT2D eigenvalue weighted by atomic mass is 9.93. The number of nitrogens with one attached hydrogen (secondary N) is 1. The van der Waals surface area contributed by atoms with E-state index in [1.54, 1.807) is 17.2 Å². The fourth-order valence-electron chi connectivity index (χ4n) is 2.97. The van der Waals surface area contributed by atoms with Crippen LogP contribution in [0.5, 0.6) is 0 Å². The summed E-state index contributed by atoms with van der Waals surface area (Å²) in [6, 6.07) is 3.59. The van der Waals surface area contributed by atoms with Crippen molar-refractivity contribution in [1.82, 2.24) is 20.4 Å². The number of aromatic nitrogens is 2. The molecule has 1 aromatic heterocycles. The molecule has 6 nitrogen and oxygen atoms in total. The quantitative estimate of drug-likeness (QED) is 0.827. The zero-order chi connectivity index (χ0) is 13.3. The molecule has 1 saturated heterocycles. The Balaban J connectivity index is 1.81. The van der Waals surface area contributed by atoms with Crippen LogP contribution < -0.4 is 5.32 Å². The van der Waals surface area contributed by atoms with Crippen LogP contribution in [-0.4, -0.2) is 39.0 Å². The molecule has 0 bridgehead atoms. The lowest BCUT2D eigenvalue weighted by Crippen LogP contribution is -2.65. The van der Waals surface area contributed by atoms with Gasteiger partial charge in [0, 0.05) is 6.20 Å². The molecule has 0 unspecified atom stereocenters. The van der Waals surface area contributed by atoms with Gasteiger partial charge in [0.05, 0.1) is 12.2 Å². The normalized spacial score (nSPS) is 21.8. The first-order valence-corrected chi connectivity index (χ1v) is 6.57. The fourth-order valence-corrected chi connectivity index (χ4v) is 2.97. The molecule has 1 N–H and O–H groups in total. The molecular formula is C13H16N4O2. The average Bonchev–Trinajstić information content (AvgIpc) is 2.86. The van der Waals surface area contributed by atoms with Gasteiger partial charge in [-0.1, -0.05) is 12.8 Å². The number of carbonyl (C=O) groups excluding carboxylic acids is 2. The molecule has 100 valence electrons. The van der Waals surface area contributed by atoms with Gasteiger partial charge >= 0.3 is 0 Å². The molecule has 6 heteroatoms. The molecule has 3 rings (SSSR count). The van der Waals surface area contributed by atoms with Crippen molar-refractivity contribution in [2.45, 2.75) is 37.8 Å². The van der Waals surface area contributed by atoms with Gasteiger partial charge in [0.25, 0.3) is 0 Å². The molecule has 2 fully saturated rings. The van der Waals surface area contributed by atoms with Crippen LogP contribution in [0.1, 0.15) is 31.4 Å². The summed E-state index contributed by atoms with van der Waals surface area (Å²) in [6.45, 7) is 0.457. The van der Waals surface area contributed by atoms with E-state index in [-0.39, 0.29) is 18.4 Å². The minimum absolute atomic E-state index is 0.0234. The smallest absolute Gasteiger partial charge is 0.249 e. The van der Waals surface area contributed by atoms with E-state index in [0.717, 1.165) is 25.7 Å². The van der Waals surface area contributed by atoms with Gasteiger partial charge in [0.1, 0.15) is 12.1 Å². The third-order valence-corrected chi connectivity index (χ3v) is 3.85. The molecule has 2 amide bonds. The van der Waals surface area contributed by atoms with E-state index in [0.29, 0.717) is 12.2 Å². The van der Waals surface area contributed by atoms with Gasteiger partial charge in [-0.05, 0) is 25.0 Å². The van der Waals surface area contributed by atoms with Gasteiger partial charge in [-0.2, -0.15) is 10.2 Å². The van der Waals surface area contributed by atoms with Crippen LogP contribution in [0.3, 0.4) is 0 Å². The van der Waals surface area contributed by atoms with Crippen molar-refractivity contribution in [3.05, 3.63) is 24.0 Å². The Kier molecular flexibility index (Phi) is 2.93. The Labute approximate surface area is 111 Å². The number of carbonyl (C=O) groups is 2. The maximum Gasteiger partial charge on any atom is 0.249 e. The first-order valence-electron chi connectivity index (χ1n) is 6.57. The summed E-state index contributed by atoms with van der Waals surface area (Å²) in [5.41, 5.74) is 0.0519. The van der Waals surface area contributed by atoms with Gasteiger partial charge < -0.3 is 10.2 Å². The topological polar surface area (TPSA) is 75.2 Å². The highest BCUT2D eigenvalue weighted by molar-refractivity contribution is 5.98. The summed E-state index contributed by atoms with van der Waals surface area (Å²) in [4.78, 5) is 26.0. The number of piperazine rings is 1. The predicted molar refractivity (Wildman–Crippen MR) is 66.8 cm³/mol. The number of rotatable bonds is 2. The van der Waals surface area contributed by atoms with E-state index in [1.165, 1.54) is 0 Å². The Morgan fingerprint density at radius 1 is 1.32 bits per heavy atom. The first kappa shape index (κ1) is 12.1.